The number of carbonyl (C=O) groups is 1. The number of nitrogens with two attached hydrogens (primary N) is 1. The molecule has 0 aliphatic carbocycles. The summed E-state index contributed by atoms with van der Waals surface area (Å²) in [6.07, 6.45) is 0. The van der Waals surface area contributed by atoms with Gasteiger partial charge in [0.2, 0.25) is 0 Å². The summed E-state index contributed by atoms with van der Waals surface area (Å²) in [6.45, 7) is 1.94. The van der Waals surface area contributed by atoms with E-state index >= 15 is 0 Å². The largest absolute Gasteiger partial charge is 0.468 e. The van der Waals surface area contributed by atoms with Crippen LogP contribution < -0.4 is 5.73 Å². The predicted molar refractivity (Wildman–Crippen MR) is 65.4 cm³/mol. The Hall–Kier alpha value is -1.94. The van der Waals surface area contributed by atoms with Crippen LogP contribution in [0.15, 0.2) is 30.3 Å². The molecule has 0 aliphatic heterocycles. The number of aromatic nitrogens is 1. The van der Waals surface area contributed by atoms with Crippen LogP contribution in [0.25, 0.3) is 10.9 Å². The maximum absolute atomic E-state index is 11.3. The molecule has 1 aromatic heterocycles. The molecule has 0 bridgehead atoms. The second-order valence-electron chi connectivity index (χ2n) is 3.91. The number of fused-ring (bicyclic) bond motifs is 1. The van der Waals surface area contributed by atoms with Gasteiger partial charge in [0.25, 0.3) is 0 Å². The first-order valence-electron chi connectivity index (χ1n) is 5.32. The van der Waals surface area contributed by atoms with Crippen LogP contribution in [-0.4, -0.2) is 18.1 Å². The van der Waals surface area contributed by atoms with Crippen LogP contribution in [0.3, 0.4) is 0 Å². The van der Waals surface area contributed by atoms with Crippen LogP contribution >= 0.6 is 0 Å². The van der Waals surface area contributed by atoms with Gasteiger partial charge < -0.3 is 10.5 Å². The number of ether oxygens (including phenoxy) is 1. The van der Waals surface area contributed by atoms with Gasteiger partial charge in [-0.15, -0.1) is 0 Å². The number of rotatable bonds is 2. The van der Waals surface area contributed by atoms with E-state index in [0.29, 0.717) is 0 Å². The van der Waals surface area contributed by atoms with E-state index in [0.717, 1.165) is 22.2 Å². The highest BCUT2D eigenvalue weighted by atomic mass is 16.5. The zero-order chi connectivity index (χ0) is 12.4. The molecule has 2 aromatic rings. The molecule has 0 spiro atoms. The molecule has 1 atom stereocenters. The third-order valence-electron chi connectivity index (χ3n) is 2.67. The molecule has 4 nitrogen and oxygen atoms in total. The summed E-state index contributed by atoms with van der Waals surface area (Å²) in [6, 6.07) is 8.67. The number of methoxy groups -OCH3 is 1. The lowest BCUT2D eigenvalue weighted by atomic mass is 10.0. The van der Waals surface area contributed by atoms with E-state index < -0.39 is 12.0 Å². The van der Waals surface area contributed by atoms with Crippen LogP contribution in [0, 0.1) is 6.92 Å². The van der Waals surface area contributed by atoms with Gasteiger partial charge in [-0.1, -0.05) is 12.1 Å². The van der Waals surface area contributed by atoms with Gasteiger partial charge in [-0.25, -0.2) is 0 Å². The Bertz CT molecular complexity index is 566. The smallest absolute Gasteiger partial charge is 0.327 e. The number of hydrogen-bond donors (Lipinski definition) is 1. The van der Waals surface area contributed by atoms with Crippen LogP contribution in [0.4, 0.5) is 0 Å². The average molecular weight is 230 g/mol. The molecule has 1 aromatic carbocycles. The third-order valence-corrected chi connectivity index (χ3v) is 2.67. The molecule has 17 heavy (non-hydrogen) atoms. The summed E-state index contributed by atoms with van der Waals surface area (Å²) in [5, 5.41) is 0.965. The van der Waals surface area contributed by atoms with Gasteiger partial charge in [0.1, 0.15) is 6.04 Å². The van der Waals surface area contributed by atoms with E-state index in [4.69, 9.17) is 5.73 Å². The molecule has 0 aliphatic rings. The van der Waals surface area contributed by atoms with Gasteiger partial charge in [0, 0.05) is 11.1 Å². The predicted octanol–water partition coefficient (Wildman–Crippen LogP) is 1.72. The molecule has 0 radical (unpaired) electrons. The topological polar surface area (TPSA) is 65.2 Å². The maximum Gasteiger partial charge on any atom is 0.327 e. The Morgan fingerprint density at radius 2 is 2.12 bits per heavy atom. The van der Waals surface area contributed by atoms with E-state index in [1.54, 1.807) is 6.07 Å². The molecular formula is C13H14N2O2. The third kappa shape index (κ3) is 2.26. The average Bonchev–Trinajstić information content (AvgIpc) is 2.36. The van der Waals surface area contributed by atoms with Gasteiger partial charge in [0.05, 0.1) is 12.6 Å². The van der Waals surface area contributed by atoms with E-state index in [1.165, 1.54) is 7.11 Å². The van der Waals surface area contributed by atoms with Crippen molar-refractivity contribution in [2.24, 2.45) is 5.73 Å². The van der Waals surface area contributed by atoms with Crippen molar-refractivity contribution in [3.63, 3.8) is 0 Å². The Balaban J connectivity index is 2.44. The fourth-order valence-electron chi connectivity index (χ4n) is 1.70. The number of pyridine rings is 1. The lowest BCUT2D eigenvalue weighted by Gasteiger charge is -2.10. The maximum atomic E-state index is 11.3. The van der Waals surface area contributed by atoms with Crippen molar-refractivity contribution in [3.05, 3.63) is 41.6 Å². The molecule has 0 saturated heterocycles. The number of aryl methyl sites for hydroxylation is 1. The summed E-state index contributed by atoms with van der Waals surface area (Å²) < 4.78 is 4.62. The van der Waals surface area contributed by atoms with Gasteiger partial charge in [-0.3, -0.25) is 9.78 Å². The molecule has 1 unspecified atom stereocenters. The van der Waals surface area contributed by atoms with E-state index in [-0.39, 0.29) is 0 Å². The molecule has 0 amide bonds. The normalized spacial score (nSPS) is 12.4. The summed E-state index contributed by atoms with van der Waals surface area (Å²) in [5.41, 5.74) is 8.36. The van der Waals surface area contributed by atoms with Crippen molar-refractivity contribution in [1.82, 2.24) is 4.98 Å². The second-order valence-corrected chi connectivity index (χ2v) is 3.91. The van der Waals surface area contributed by atoms with Crippen LogP contribution in [-0.2, 0) is 9.53 Å². The highest BCUT2D eigenvalue weighted by Crippen LogP contribution is 2.19. The van der Waals surface area contributed by atoms with Crippen molar-refractivity contribution < 1.29 is 9.53 Å². The zero-order valence-electron chi connectivity index (χ0n) is 9.81. The summed E-state index contributed by atoms with van der Waals surface area (Å²) in [5.74, 6) is -0.440. The monoisotopic (exact) mass is 230 g/mol. The van der Waals surface area contributed by atoms with Crippen LogP contribution in [0.1, 0.15) is 17.3 Å². The standard InChI is InChI=1S/C13H14N2O2/c1-8-3-4-9-7-10(5-6-11(9)15-8)12(14)13(16)17-2/h3-7,12H,14H2,1-2H3. The van der Waals surface area contributed by atoms with Crippen LogP contribution in [0.2, 0.25) is 0 Å². The van der Waals surface area contributed by atoms with Gasteiger partial charge in [0.15, 0.2) is 0 Å². The lowest BCUT2D eigenvalue weighted by Crippen LogP contribution is -2.22. The number of carbonyl (C=O) groups excluding carboxylic acids is 1. The number of hydrogen-bond acceptors (Lipinski definition) is 4. The molecule has 0 fully saturated rings. The van der Waals surface area contributed by atoms with Crippen molar-refractivity contribution >= 4 is 16.9 Å². The lowest BCUT2D eigenvalue weighted by molar-refractivity contribution is -0.142. The van der Waals surface area contributed by atoms with E-state index in [2.05, 4.69) is 9.72 Å². The second kappa shape index (κ2) is 4.51. The number of esters is 1. The minimum Gasteiger partial charge on any atom is -0.468 e. The van der Waals surface area contributed by atoms with Gasteiger partial charge in [-0.05, 0) is 30.7 Å². The van der Waals surface area contributed by atoms with E-state index in [9.17, 15) is 4.79 Å². The molecule has 1 heterocycles. The Labute approximate surface area is 99.4 Å². The van der Waals surface area contributed by atoms with Crippen LogP contribution in [0.5, 0.6) is 0 Å². The number of nitrogens with zero attached hydrogens (tertiary/aromatic N) is 1. The first kappa shape index (κ1) is 11.5. The van der Waals surface area contributed by atoms with Crippen molar-refractivity contribution in [2.75, 3.05) is 7.11 Å². The Kier molecular flexibility index (Phi) is 3.06. The number of benzene rings is 1. The zero-order valence-corrected chi connectivity index (χ0v) is 9.81. The first-order chi connectivity index (χ1) is 8.11. The molecule has 2 N–H and O–H groups in total. The fraction of sp³-hybridized carbons (Fsp3) is 0.231. The Morgan fingerprint density at radius 1 is 1.35 bits per heavy atom. The summed E-state index contributed by atoms with van der Waals surface area (Å²) in [4.78, 5) is 15.7. The van der Waals surface area contributed by atoms with Crippen molar-refractivity contribution in [1.29, 1.82) is 0 Å². The molecule has 4 heteroatoms. The fourth-order valence-corrected chi connectivity index (χ4v) is 1.70. The molecule has 0 saturated carbocycles. The summed E-state index contributed by atoms with van der Waals surface area (Å²) in [7, 11) is 1.33. The SMILES string of the molecule is COC(=O)C(N)c1ccc2nc(C)ccc2c1. The van der Waals surface area contributed by atoms with E-state index in [1.807, 2.05) is 31.2 Å². The van der Waals surface area contributed by atoms with Gasteiger partial charge in [-0.2, -0.15) is 0 Å². The molecular weight excluding hydrogens is 216 g/mol. The van der Waals surface area contributed by atoms with Crippen molar-refractivity contribution in [3.8, 4) is 0 Å². The molecule has 88 valence electrons. The highest BCUT2D eigenvalue weighted by molar-refractivity contribution is 5.83. The Morgan fingerprint density at radius 3 is 2.82 bits per heavy atom. The minimum absolute atomic E-state index is 0.440. The highest BCUT2D eigenvalue weighted by Gasteiger charge is 2.16. The quantitative estimate of drug-likeness (QED) is 0.798. The molecule has 2 rings (SSSR count). The van der Waals surface area contributed by atoms with Crippen molar-refractivity contribution in [2.45, 2.75) is 13.0 Å². The van der Waals surface area contributed by atoms with Gasteiger partial charge >= 0.3 is 5.97 Å². The summed E-state index contributed by atoms with van der Waals surface area (Å²) >= 11 is 0. The minimum atomic E-state index is -0.745. The first-order valence-corrected chi connectivity index (χ1v) is 5.32.